The number of nitrogens with one attached hydrogen (secondary N) is 1. The number of carboxylic acid groups (broad SMARTS) is 1. The second kappa shape index (κ2) is 9.00. The van der Waals surface area contributed by atoms with Gasteiger partial charge in [-0.3, -0.25) is 9.59 Å². The Morgan fingerprint density at radius 2 is 1.74 bits per heavy atom. The van der Waals surface area contributed by atoms with Gasteiger partial charge in [-0.2, -0.15) is 0 Å². The fraction of sp³-hybridized carbons (Fsp3) is 0.0500. The van der Waals surface area contributed by atoms with Crippen LogP contribution in [0.5, 0.6) is 5.75 Å². The van der Waals surface area contributed by atoms with Crippen LogP contribution in [-0.4, -0.2) is 35.0 Å². The van der Waals surface area contributed by atoms with Crippen LogP contribution in [0.1, 0.15) is 11.1 Å². The van der Waals surface area contributed by atoms with Gasteiger partial charge in [0, 0.05) is 23.4 Å². The third-order valence-corrected chi connectivity index (χ3v) is 3.45. The van der Waals surface area contributed by atoms with E-state index < -0.39 is 23.4 Å². The lowest BCUT2D eigenvalue weighted by molar-refractivity contribution is -0.146. The fourth-order valence-corrected chi connectivity index (χ4v) is 2.10. The third-order valence-electron chi connectivity index (χ3n) is 3.45. The van der Waals surface area contributed by atoms with Crippen molar-refractivity contribution in [1.29, 1.82) is 0 Å². The molecule has 0 atom stereocenters. The molecule has 0 unspecified atom stereocenters. The topological polar surface area (TPSA) is 113 Å². The predicted molar refractivity (Wildman–Crippen MR) is 100 cm³/mol. The Hall–Kier alpha value is -3.87. The van der Waals surface area contributed by atoms with Crippen molar-refractivity contribution in [3.05, 3.63) is 71.8 Å². The lowest BCUT2D eigenvalue weighted by atomic mass is 10.1. The van der Waals surface area contributed by atoms with Gasteiger partial charge >= 0.3 is 5.97 Å². The summed E-state index contributed by atoms with van der Waals surface area (Å²) in [6.07, 6.45) is 3.58. The number of methoxy groups -OCH3 is 1. The second-order valence-electron chi connectivity index (χ2n) is 5.38. The van der Waals surface area contributed by atoms with Crippen molar-refractivity contribution in [3.8, 4) is 5.75 Å². The van der Waals surface area contributed by atoms with Crippen molar-refractivity contribution in [3.63, 3.8) is 0 Å². The van der Waals surface area contributed by atoms with E-state index in [-0.39, 0.29) is 5.56 Å². The Morgan fingerprint density at radius 1 is 1.04 bits per heavy atom. The molecule has 0 aliphatic carbocycles. The molecule has 0 fully saturated rings. The average Bonchev–Trinajstić information content (AvgIpc) is 2.66. The Labute approximate surface area is 155 Å². The van der Waals surface area contributed by atoms with E-state index in [4.69, 9.17) is 9.84 Å². The SMILES string of the molecule is COc1ccc(/C=C/C(=O)Nc2cccc(/C(O)=C/C(=O)C(=O)O)c2)cc1. The van der Waals surface area contributed by atoms with Gasteiger partial charge < -0.3 is 20.3 Å². The van der Waals surface area contributed by atoms with Gasteiger partial charge in [-0.05, 0) is 35.9 Å². The van der Waals surface area contributed by atoms with Gasteiger partial charge in [0.15, 0.2) is 0 Å². The zero-order valence-electron chi connectivity index (χ0n) is 14.4. The largest absolute Gasteiger partial charge is 0.507 e. The van der Waals surface area contributed by atoms with Crippen LogP contribution < -0.4 is 10.1 Å². The van der Waals surface area contributed by atoms with E-state index in [1.807, 2.05) is 0 Å². The van der Waals surface area contributed by atoms with Crippen molar-refractivity contribution < 1.29 is 29.3 Å². The number of benzene rings is 2. The number of hydrogen-bond acceptors (Lipinski definition) is 5. The molecule has 0 bridgehead atoms. The first-order chi connectivity index (χ1) is 12.9. The van der Waals surface area contributed by atoms with Gasteiger partial charge in [0.25, 0.3) is 5.78 Å². The maximum Gasteiger partial charge on any atom is 0.376 e. The number of aliphatic carboxylic acids is 1. The van der Waals surface area contributed by atoms with Crippen molar-refractivity contribution in [2.45, 2.75) is 0 Å². The molecular formula is C20H17NO6. The quantitative estimate of drug-likeness (QED) is 0.394. The summed E-state index contributed by atoms with van der Waals surface area (Å²) in [7, 11) is 1.57. The van der Waals surface area contributed by atoms with Crippen molar-refractivity contribution in [2.75, 3.05) is 12.4 Å². The van der Waals surface area contributed by atoms with Gasteiger partial charge in [-0.25, -0.2) is 4.79 Å². The molecule has 0 saturated carbocycles. The van der Waals surface area contributed by atoms with Crippen LogP contribution >= 0.6 is 0 Å². The third kappa shape index (κ3) is 5.86. The number of ether oxygens (including phenoxy) is 1. The molecule has 27 heavy (non-hydrogen) atoms. The summed E-state index contributed by atoms with van der Waals surface area (Å²) in [5.41, 5.74) is 1.38. The lowest BCUT2D eigenvalue weighted by Crippen LogP contribution is -2.10. The molecule has 0 spiro atoms. The highest BCUT2D eigenvalue weighted by atomic mass is 16.5. The van der Waals surface area contributed by atoms with E-state index in [0.29, 0.717) is 17.5 Å². The summed E-state index contributed by atoms with van der Waals surface area (Å²) in [4.78, 5) is 33.7. The standard InChI is InChI=1S/C20H17NO6/c1-27-16-8-5-13(6-9-16)7-10-19(24)21-15-4-2-3-14(11-15)17(22)12-18(23)20(25)26/h2-12,22H,1H3,(H,21,24)(H,25,26)/b10-7+,17-12-. The number of hydrogen-bond donors (Lipinski definition) is 3. The average molecular weight is 367 g/mol. The molecule has 0 saturated heterocycles. The second-order valence-corrected chi connectivity index (χ2v) is 5.38. The van der Waals surface area contributed by atoms with E-state index >= 15 is 0 Å². The highest BCUT2D eigenvalue weighted by Gasteiger charge is 2.11. The Balaban J connectivity index is 2.06. The molecule has 0 aliphatic rings. The Morgan fingerprint density at radius 3 is 2.37 bits per heavy atom. The number of ketones is 1. The van der Waals surface area contributed by atoms with Crippen molar-refractivity contribution >= 4 is 35.2 Å². The molecular weight excluding hydrogens is 350 g/mol. The number of carbonyl (C=O) groups is 3. The molecule has 1 amide bonds. The normalized spacial score (nSPS) is 11.2. The molecule has 7 heteroatoms. The lowest BCUT2D eigenvalue weighted by Gasteiger charge is -2.05. The molecule has 2 rings (SSSR count). The zero-order chi connectivity index (χ0) is 19.8. The number of carbonyl (C=O) groups excluding carboxylic acids is 2. The Bertz CT molecular complexity index is 912. The number of carboxylic acids is 1. The first kappa shape index (κ1) is 19.5. The number of anilines is 1. The molecule has 3 N–H and O–H groups in total. The summed E-state index contributed by atoms with van der Waals surface area (Å²) in [5, 5.41) is 21.0. The maximum atomic E-state index is 12.0. The maximum absolute atomic E-state index is 12.0. The summed E-state index contributed by atoms with van der Waals surface area (Å²) in [6, 6.07) is 13.2. The summed E-state index contributed by atoms with van der Waals surface area (Å²) < 4.78 is 5.06. The van der Waals surface area contributed by atoms with Crippen LogP contribution in [0.3, 0.4) is 0 Å². The predicted octanol–water partition coefficient (Wildman–Crippen LogP) is 2.90. The van der Waals surface area contributed by atoms with Crippen LogP contribution in [0, 0.1) is 0 Å². The van der Waals surface area contributed by atoms with Crippen molar-refractivity contribution in [1.82, 2.24) is 0 Å². The van der Waals surface area contributed by atoms with Crippen LogP contribution in [0.25, 0.3) is 11.8 Å². The number of aliphatic hydroxyl groups is 1. The van der Waals surface area contributed by atoms with Gasteiger partial charge in [-0.15, -0.1) is 0 Å². The Kier molecular flexibility index (Phi) is 6.49. The number of amides is 1. The minimum atomic E-state index is -1.67. The number of aliphatic hydroxyl groups excluding tert-OH is 1. The van der Waals surface area contributed by atoms with E-state index in [0.717, 1.165) is 5.56 Å². The van der Waals surface area contributed by atoms with E-state index in [2.05, 4.69) is 5.32 Å². The van der Waals surface area contributed by atoms with Crippen LogP contribution in [0.15, 0.2) is 60.7 Å². The fourth-order valence-electron chi connectivity index (χ4n) is 2.10. The summed E-state index contributed by atoms with van der Waals surface area (Å²) >= 11 is 0. The molecule has 0 aromatic heterocycles. The van der Waals surface area contributed by atoms with E-state index in [1.54, 1.807) is 49.6 Å². The number of rotatable bonds is 7. The molecule has 0 aliphatic heterocycles. The minimum Gasteiger partial charge on any atom is -0.507 e. The first-order valence-corrected chi connectivity index (χ1v) is 7.80. The highest BCUT2D eigenvalue weighted by molar-refractivity contribution is 6.38. The summed E-state index contributed by atoms with van der Waals surface area (Å²) in [6.45, 7) is 0. The highest BCUT2D eigenvalue weighted by Crippen LogP contribution is 2.17. The monoisotopic (exact) mass is 367 g/mol. The first-order valence-electron chi connectivity index (χ1n) is 7.80. The minimum absolute atomic E-state index is 0.196. The summed E-state index contributed by atoms with van der Waals surface area (Å²) in [5.74, 6) is -3.11. The molecule has 2 aromatic carbocycles. The smallest absolute Gasteiger partial charge is 0.376 e. The van der Waals surface area contributed by atoms with Crippen LogP contribution in [0.4, 0.5) is 5.69 Å². The van der Waals surface area contributed by atoms with Crippen molar-refractivity contribution in [2.24, 2.45) is 0 Å². The van der Waals surface area contributed by atoms with Crippen LogP contribution in [0.2, 0.25) is 0 Å². The van der Waals surface area contributed by atoms with E-state index in [1.165, 1.54) is 18.2 Å². The van der Waals surface area contributed by atoms with E-state index in [9.17, 15) is 19.5 Å². The van der Waals surface area contributed by atoms with Gasteiger partial charge in [-0.1, -0.05) is 24.3 Å². The van der Waals surface area contributed by atoms with Gasteiger partial charge in [0.1, 0.15) is 11.5 Å². The van der Waals surface area contributed by atoms with Gasteiger partial charge in [0.2, 0.25) is 5.91 Å². The molecule has 7 nitrogen and oxygen atoms in total. The molecule has 0 heterocycles. The van der Waals surface area contributed by atoms with Crippen LogP contribution in [-0.2, 0) is 14.4 Å². The molecule has 138 valence electrons. The molecule has 2 aromatic rings. The van der Waals surface area contributed by atoms with Gasteiger partial charge in [0.05, 0.1) is 7.11 Å². The molecule has 0 radical (unpaired) electrons. The zero-order valence-corrected chi connectivity index (χ0v) is 14.4.